The van der Waals surface area contributed by atoms with Crippen LogP contribution >= 0.6 is 11.6 Å². The van der Waals surface area contributed by atoms with Crippen molar-refractivity contribution < 1.29 is 14.3 Å². The van der Waals surface area contributed by atoms with Gasteiger partial charge in [0, 0.05) is 31.2 Å². The molecule has 2 aliphatic heterocycles. The molecule has 0 bridgehead atoms. The maximum atomic E-state index is 12.3. The molecule has 0 aromatic heterocycles. The lowest BCUT2D eigenvalue weighted by Crippen LogP contribution is -2.79. The average molecular weight is 366 g/mol. The zero-order valence-corrected chi connectivity index (χ0v) is 15.6. The van der Waals surface area contributed by atoms with Crippen LogP contribution in [0, 0.1) is 0 Å². The van der Waals surface area contributed by atoms with Gasteiger partial charge in [0.15, 0.2) is 0 Å². The monoisotopic (exact) mass is 365 g/mol. The summed E-state index contributed by atoms with van der Waals surface area (Å²) in [6.07, 6.45) is 0.607. The molecule has 0 saturated carbocycles. The van der Waals surface area contributed by atoms with Crippen LogP contribution < -0.4 is 5.32 Å². The summed E-state index contributed by atoms with van der Waals surface area (Å²) in [6, 6.07) is 7.29. The van der Waals surface area contributed by atoms with Crippen LogP contribution in [-0.4, -0.2) is 52.7 Å². The molecule has 2 aliphatic rings. The normalized spacial score (nSPS) is 18.4. The van der Waals surface area contributed by atoms with E-state index in [0.29, 0.717) is 31.2 Å². The third kappa shape index (κ3) is 3.68. The van der Waals surface area contributed by atoms with Gasteiger partial charge < -0.3 is 15.0 Å². The van der Waals surface area contributed by atoms with Crippen molar-refractivity contribution in [1.82, 2.24) is 15.1 Å². The molecule has 0 radical (unpaired) electrons. The quantitative estimate of drug-likeness (QED) is 0.875. The molecule has 0 unspecified atom stereocenters. The van der Waals surface area contributed by atoms with E-state index < -0.39 is 5.60 Å². The molecule has 7 heteroatoms. The fourth-order valence-electron chi connectivity index (χ4n) is 3.20. The first-order valence-electron chi connectivity index (χ1n) is 8.47. The Bertz CT molecular complexity index is 680. The van der Waals surface area contributed by atoms with E-state index in [1.807, 2.05) is 39.0 Å². The van der Waals surface area contributed by atoms with Gasteiger partial charge in [0.1, 0.15) is 5.60 Å². The maximum absolute atomic E-state index is 12.3. The van der Waals surface area contributed by atoms with Crippen LogP contribution in [0.2, 0.25) is 5.02 Å². The van der Waals surface area contributed by atoms with Crippen LogP contribution in [0.25, 0.3) is 0 Å². The van der Waals surface area contributed by atoms with Crippen LogP contribution in [-0.2, 0) is 11.3 Å². The van der Waals surface area contributed by atoms with Crippen LogP contribution in [0.4, 0.5) is 9.59 Å². The fraction of sp³-hybridized carbons (Fsp3) is 0.556. The first-order valence-corrected chi connectivity index (χ1v) is 8.85. The van der Waals surface area contributed by atoms with E-state index in [9.17, 15) is 9.59 Å². The lowest BCUT2D eigenvalue weighted by Gasteiger charge is -2.61. The number of carbonyl (C=O) groups is 2. The number of amides is 3. The molecule has 3 rings (SSSR count). The van der Waals surface area contributed by atoms with Crippen LogP contribution in [0.3, 0.4) is 0 Å². The summed E-state index contributed by atoms with van der Waals surface area (Å²) in [6.45, 7) is 7.72. The van der Waals surface area contributed by atoms with Crippen molar-refractivity contribution in [2.24, 2.45) is 0 Å². The van der Waals surface area contributed by atoms with E-state index in [1.54, 1.807) is 15.9 Å². The number of likely N-dealkylation sites (tertiary alicyclic amines) is 2. The molecule has 2 fully saturated rings. The fourth-order valence-corrected chi connectivity index (χ4v) is 3.41. The highest BCUT2D eigenvalue weighted by molar-refractivity contribution is 6.31. The second kappa shape index (κ2) is 6.41. The number of hydrogen-bond donors (Lipinski definition) is 1. The van der Waals surface area contributed by atoms with E-state index >= 15 is 0 Å². The Morgan fingerprint density at radius 3 is 2.52 bits per heavy atom. The molecule has 25 heavy (non-hydrogen) atoms. The smallest absolute Gasteiger partial charge is 0.410 e. The first kappa shape index (κ1) is 17.9. The van der Waals surface area contributed by atoms with Crippen LogP contribution in [0.5, 0.6) is 0 Å². The summed E-state index contributed by atoms with van der Waals surface area (Å²) < 4.78 is 5.44. The molecule has 1 spiro atoms. The Balaban J connectivity index is 1.49. The Labute approximate surface area is 153 Å². The van der Waals surface area contributed by atoms with Crippen molar-refractivity contribution in [3.63, 3.8) is 0 Å². The van der Waals surface area contributed by atoms with Gasteiger partial charge in [-0.15, -0.1) is 0 Å². The largest absolute Gasteiger partial charge is 0.444 e. The van der Waals surface area contributed by atoms with Gasteiger partial charge in [-0.3, -0.25) is 4.90 Å². The second-order valence-electron chi connectivity index (χ2n) is 7.71. The number of ether oxygens (including phenoxy) is 1. The lowest BCUT2D eigenvalue weighted by molar-refractivity contribution is -0.103. The lowest BCUT2D eigenvalue weighted by atomic mass is 9.78. The van der Waals surface area contributed by atoms with Gasteiger partial charge in [0.25, 0.3) is 0 Å². The van der Waals surface area contributed by atoms with Crippen molar-refractivity contribution in [3.8, 4) is 0 Å². The molecule has 1 aromatic carbocycles. The predicted octanol–water partition coefficient (Wildman–Crippen LogP) is 3.24. The highest BCUT2D eigenvalue weighted by Crippen LogP contribution is 2.40. The highest BCUT2D eigenvalue weighted by Gasteiger charge is 2.57. The zero-order chi connectivity index (χ0) is 18.2. The van der Waals surface area contributed by atoms with Gasteiger partial charge in [-0.25, -0.2) is 9.59 Å². The van der Waals surface area contributed by atoms with E-state index in [0.717, 1.165) is 12.0 Å². The van der Waals surface area contributed by atoms with Gasteiger partial charge in [-0.05, 0) is 38.8 Å². The molecule has 0 aliphatic carbocycles. The van der Waals surface area contributed by atoms with Gasteiger partial charge in [0.05, 0.1) is 5.54 Å². The molecule has 0 atom stereocenters. The molecule has 6 nitrogen and oxygen atoms in total. The topological polar surface area (TPSA) is 61.9 Å². The van der Waals surface area contributed by atoms with Crippen molar-refractivity contribution in [2.75, 3.05) is 19.6 Å². The number of urea groups is 1. The van der Waals surface area contributed by atoms with Crippen LogP contribution in [0.1, 0.15) is 32.8 Å². The number of nitrogens with zero attached hydrogens (tertiary/aromatic N) is 2. The molecular formula is C18H24ClN3O3. The minimum absolute atomic E-state index is 0.137. The molecule has 136 valence electrons. The number of hydrogen-bond acceptors (Lipinski definition) is 3. The summed E-state index contributed by atoms with van der Waals surface area (Å²) in [4.78, 5) is 28.0. The number of halogens is 1. The Morgan fingerprint density at radius 2 is 1.96 bits per heavy atom. The summed E-state index contributed by atoms with van der Waals surface area (Å²) in [7, 11) is 0. The van der Waals surface area contributed by atoms with Crippen molar-refractivity contribution in [1.29, 1.82) is 0 Å². The van der Waals surface area contributed by atoms with Crippen molar-refractivity contribution in [3.05, 3.63) is 34.9 Å². The standard InChI is InChI=1S/C18H24ClN3O3/c1-17(2,3)25-16(24)22-9-8-18(22)11-21(12-18)15(23)20-10-13-6-4-5-7-14(13)19/h4-7H,8-12H2,1-3H3,(H,20,23). The predicted molar refractivity (Wildman–Crippen MR) is 95.5 cm³/mol. The number of carbonyl (C=O) groups excluding carboxylic acids is 2. The van der Waals surface area contributed by atoms with E-state index in [2.05, 4.69) is 5.32 Å². The third-order valence-corrected chi connectivity index (χ3v) is 5.00. The number of rotatable bonds is 2. The maximum Gasteiger partial charge on any atom is 0.410 e. The Hall–Kier alpha value is -1.95. The SMILES string of the molecule is CC(C)(C)OC(=O)N1CCC12CN(C(=O)NCc1ccccc1Cl)C2. The summed E-state index contributed by atoms with van der Waals surface area (Å²) in [5.41, 5.74) is 0.125. The zero-order valence-electron chi connectivity index (χ0n) is 14.8. The molecule has 2 heterocycles. The van der Waals surface area contributed by atoms with Gasteiger partial charge in [-0.2, -0.15) is 0 Å². The van der Waals surface area contributed by atoms with E-state index in [1.165, 1.54) is 0 Å². The third-order valence-electron chi connectivity index (χ3n) is 4.63. The summed E-state index contributed by atoms with van der Waals surface area (Å²) in [5, 5.41) is 3.51. The minimum Gasteiger partial charge on any atom is -0.444 e. The number of nitrogens with one attached hydrogen (secondary N) is 1. The molecular weight excluding hydrogens is 342 g/mol. The molecule has 3 amide bonds. The summed E-state index contributed by atoms with van der Waals surface area (Å²) in [5.74, 6) is 0. The van der Waals surface area contributed by atoms with Crippen molar-refractivity contribution >= 4 is 23.7 Å². The minimum atomic E-state index is -0.510. The first-order chi connectivity index (χ1) is 11.7. The molecule has 2 saturated heterocycles. The molecule has 1 N–H and O–H groups in total. The Kier molecular flexibility index (Phi) is 4.58. The van der Waals surface area contributed by atoms with Crippen molar-refractivity contribution in [2.45, 2.75) is 44.9 Å². The van der Waals surface area contributed by atoms with E-state index in [-0.39, 0.29) is 17.7 Å². The van der Waals surface area contributed by atoms with Gasteiger partial charge in [-0.1, -0.05) is 29.8 Å². The van der Waals surface area contributed by atoms with Gasteiger partial charge >= 0.3 is 12.1 Å². The van der Waals surface area contributed by atoms with Crippen LogP contribution in [0.15, 0.2) is 24.3 Å². The number of benzene rings is 1. The van der Waals surface area contributed by atoms with E-state index in [4.69, 9.17) is 16.3 Å². The summed E-state index contributed by atoms with van der Waals surface area (Å²) >= 11 is 6.10. The second-order valence-corrected chi connectivity index (χ2v) is 8.12. The molecule has 1 aromatic rings. The Morgan fingerprint density at radius 1 is 1.28 bits per heavy atom. The highest BCUT2D eigenvalue weighted by atomic mass is 35.5. The average Bonchev–Trinajstić information content (AvgIpc) is 2.41. The van der Waals surface area contributed by atoms with Gasteiger partial charge in [0.2, 0.25) is 0 Å².